The summed E-state index contributed by atoms with van der Waals surface area (Å²) in [6.07, 6.45) is -9.77. The third kappa shape index (κ3) is 3.67. The minimum Gasteiger partial charge on any atom is -0.483 e. The Kier molecular flexibility index (Phi) is 5.53. The molecule has 0 aromatic heterocycles. The van der Waals surface area contributed by atoms with Crippen LogP contribution in [0.25, 0.3) is 10.8 Å². The summed E-state index contributed by atoms with van der Waals surface area (Å²) >= 11 is 0. The van der Waals surface area contributed by atoms with Gasteiger partial charge in [-0.05, 0) is 44.9 Å². The number of benzene rings is 2. The maximum absolute atomic E-state index is 13.3. The summed E-state index contributed by atoms with van der Waals surface area (Å²) < 4.78 is 85.3. The Balaban J connectivity index is 2.09. The van der Waals surface area contributed by atoms with Gasteiger partial charge in [0, 0.05) is 21.7 Å². The monoisotopic (exact) mass is 439 g/mol. The molecule has 0 atom stereocenters. The summed E-state index contributed by atoms with van der Waals surface area (Å²) in [5, 5.41) is 11.0. The zero-order chi connectivity index (χ0) is 21.7. The predicted octanol–water partition coefficient (Wildman–Crippen LogP) is 5.62. The number of fused-ring (bicyclic) bond motifs is 1. The molecule has 1 N–H and O–H groups in total. The van der Waals surface area contributed by atoms with Crippen LogP contribution in [0.5, 0.6) is 5.75 Å². The molecule has 3 rings (SSSR count). The van der Waals surface area contributed by atoms with Gasteiger partial charge in [0.05, 0.1) is 0 Å². The molecule has 9 heteroatoms. The molecule has 0 unspecified atom stereocenters. The molecule has 0 aliphatic carbocycles. The van der Waals surface area contributed by atoms with E-state index in [-0.39, 0.29) is 16.6 Å². The summed E-state index contributed by atoms with van der Waals surface area (Å²) in [4.78, 5) is 1.03. The van der Waals surface area contributed by atoms with Crippen molar-refractivity contribution in [3.63, 3.8) is 0 Å². The van der Waals surface area contributed by atoms with E-state index in [4.69, 9.17) is 4.74 Å². The van der Waals surface area contributed by atoms with Crippen molar-refractivity contribution in [3.8, 4) is 5.75 Å². The van der Waals surface area contributed by atoms with Crippen molar-refractivity contribution in [1.29, 1.82) is 0 Å². The van der Waals surface area contributed by atoms with E-state index in [1.54, 1.807) is 30.3 Å². The van der Waals surface area contributed by atoms with Gasteiger partial charge in [0.2, 0.25) is 0 Å². The van der Waals surface area contributed by atoms with E-state index in [9.17, 15) is 31.4 Å². The standard InChI is InChI=1S/C20H21F6O2S/c1-17(2,18(27,19(21,22)23)20(24,25)26)28-15-9-10-16(29-11-5-6-12-29)14-8-4-3-7-13(14)15/h3-4,7-10,27H,5-6,11-12H2,1-2H3/q+1. The number of alkyl halides is 6. The Morgan fingerprint density at radius 3 is 1.86 bits per heavy atom. The fourth-order valence-corrected chi connectivity index (χ4v) is 6.15. The second kappa shape index (κ2) is 7.27. The molecule has 29 heavy (non-hydrogen) atoms. The van der Waals surface area contributed by atoms with Gasteiger partial charge < -0.3 is 9.84 Å². The minimum atomic E-state index is -5.98. The van der Waals surface area contributed by atoms with Crippen molar-refractivity contribution in [1.82, 2.24) is 0 Å². The number of hydrogen-bond acceptors (Lipinski definition) is 2. The molecule has 0 saturated carbocycles. The highest BCUT2D eigenvalue weighted by atomic mass is 32.2. The van der Waals surface area contributed by atoms with Gasteiger partial charge in [-0.2, -0.15) is 26.3 Å². The summed E-state index contributed by atoms with van der Waals surface area (Å²) in [6, 6.07) is 9.91. The van der Waals surface area contributed by atoms with Crippen LogP contribution < -0.4 is 4.74 Å². The molecule has 2 nitrogen and oxygen atoms in total. The van der Waals surface area contributed by atoms with E-state index in [0.717, 1.165) is 34.6 Å². The second-order valence-electron chi connectivity index (χ2n) is 7.53. The fourth-order valence-electron chi connectivity index (χ4n) is 3.65. The smallest absolute Gasteiger partial charge is 0.430 e. The van der Waals surface area contributed by atoms with Crippen LogP contribution in [0.2, 0.25) is 0 Å². The number of aliphatic hydroxyl groups is 1. The van der Waals surface area contributed by atoms with Crippen LogP contribution in [-0.2, 0) is 10.9 Å². The molecule has 160 valence electrons. The van der Waals surface area contributed by atoms with E-state index in [1.165, 1.54) is 6.07 Å². The first kappa shape index (κ1) is 22.1. The normalized spacial score (nSPS) is 17.1. The molecule has 1 aliphatic heterocycles. The van der Waals surface area contributed by atoms with Crippen LogP contribution in [0, 0.1) is 0 Å². The molecule has 2 aromatic rings. The zero-order valence-electron chi connectivity index (χ0n) is 15.8. The van der Waals surface area contributed by atoms with Gasteiger partial charge in [-0.15, -0.1) is 0 Å². The molecule has 0 bridgehead atoms. The third-order valence-electron chi connectivity index (χ3n) is 5.24. The fraction of sp³-hybridized carbons (Fsp3) is 0.500. The predicted molar refractivity (Wildman–Crippen MR) is 100 cm³/mol. The Hall–Kier alpha value is -1.61. The molecule has 1 aliphatic rings. The van der Waals surface area contributed by atoms with Crippen LogP contribution in [-0.4, -0.2) is 40.2 Å². The third-order valence-corrected chi connectivity index (χ3v) is 7.78. The summed E-state index contributed by atoms with van der Waals surface area (Å²) in [5.41, 5.74) is -8.07. The number of rotatable bonds is 4. The van der Waals surface area contributed by atoms with E-state index in [1.807, 2.05) is 0 Å². The molecule has 1 saturated heterocycles. The highest BCUT2D eigenvalue weighted by molar-refractivity contribution is 7.97. The number of ether oxygens (including phenoxy) is 1. The van der Waals surface area contributed by atoms with Crippen molar-refractivity contribution >= 4 is 21.7 Å². The van der Waals surface area contributed by atoms with Crippen LogP contribution in [0.4, 0.5) is 26.3 Å². The molecule has 1 fully saturated rings. The van der Waals surface area contributed by atoms with Crippen LogP contribution in [0.3, 0.4) is 0 Å². The minimum absolute atomic E-state index is 0.00683. The van der Waals surface area contributed by atoms with E-state index in [0.29, 0.717) is 19.2 Å². The van der Waals surface area contributed by atoms with Gasteiger partial charge >= 0.3 is 12.4 Å². The molecule has 0 spiro atoms. The quantitative estimate of drug-likeness (QED) is 0.495. The first-order chi connectivity index (χ1) is 13.3. The highest BCUT2D eigenvalue weighted by Crippen LogP contribution is 2.51. The lowest BCUT2D eigenvalue weighted by atomic mass is 9.84. The maximum Gasteiger partial charge on any atom is 0.430 e. The van der Waals surface area contributed by atoms with E-state index < -0.39 is 23.6 Å². The molecular weight excluding hydrogens is 418 g/mol. The average Bonchev–Trinajstić information content (AvgIpc) is 3.13. The Labute approximate surface area is 167 Å². The average molecular weight is 439 g/mol. The van der Waals surface area contributed by atoms with Crippen molar-refractivity contribution in [3.05, 3.63) is 36.4 Å². The van der Waals surface area contributed by atoms with E-state index in [2.05, 4.69) is 0 Å². The lowest BCUT2D eigenvalue weighted by Crippen LogP contribution is -2.70. The van der Waals surface area contributed by atoms with Gasteiger partial charge in [-0.1, -0.05) is 18.2 Å². The highest BCUT2D eigenvalue weighted by Gasteiger charge is 2.78. The topological polar surface area (TPSA) is 29.5 Å². The van der Waals surface area contributed by atoms with Crippen molar-refractivity contribution in [2.75, 3.05) is 11.5 Å². The van der Waals surface area contributed by atoms with Crippen LogP contribution >= 0.6 is 0 Å². The van der Waals surface area contributed by atoms with Crippen molar-refractivity contribution in [2.45, 2.75) is 55.1 Å². The summed E-state index contributed by atoms with van der Waals surface area (Å²) in [6.45, 7) is 1.19. The van der Waals surface area contributed by atoms with Gasteiger partial charge in [0.25, 0.3) is 5.60 Å². The molecule has 2 aromatic carbocycles. The molecule has 0 radical (unpaired) electrons. The van der Waals surface area contributed by atoms with Crippen LogP contribution in [0.1, 0.15) is 26.7 Å². The Morgan fingerprint density at radius 2 is 1.34 bits per heavy atom. The lowest BCUT2D eigenvalue weighted by molar-refractivity contribution is -0.403. The Bertz CT molecular complexity index is 871. The van der Waals surface area contributed by atoms with Gasteiger partial charge in [-0.25, -0.2) is 0 Å². The van der Waals surface area contributed by atoms with Crippen molar-refractivity contribution in [2.24, 2.45) is 0 Å². The lowest BCUT2D eigenvalue weighted by Gasteiger charge is -2.43. The van der Waals surface area contributed by atoms with Gasteiger partial charge in [0.1, 0.15) is 17.3 Å². The molecule has 0 amide bonds. The first-order valence-corrected chi connectivity index (χ1v) is 10.6. The van der Waals surface area contributed by atoms with Gasteiger partial charge in [0.15, 0.2) is 10.5 Å². The van der Waals surface area contributed by atoms with Crippen molar-refractivity contribution < 1.29 is 36.2 Å². The Morgan fingerprint density at radius 1 is 0.828 bits per heavy atom. The SMILES string of the molecule is CC(C)(Oc1ccc([S+]2CCCC2)c2ccccc12)C(O)(C(F)(F)F)C(F)(F)F. The van der Waals surface area contributed by atoms with Crippen LogP contribution in [0.15, 0.2) is 41.3 Å². The molecular formula is C20H21F6O2S+. The maximum atomic E-state index is 13.3. The summed E-state index contributed by atoms with van der Waals surface area (Å²) in [5.74, 6) is 1.89. The summed E-state index contributed by atoms with van der Waals surface area (Å²) in [7, 11) is -0.00683. The number of halogens is 6. The zero-order valence-corrected chi connectivity index (χ0v) is 16.6. The second-order valence-corrected chi connectivity index (χ2v) is 9.78. The number of hydrogen-bond donors (Lipinski definition) is 1. The first-order valence-electron chi connectivity index (χ1n) is 9.04. The largest absolute Gasteiger partial charge is 0.483 e. The van der Waals surface area contributed by atoms with E-state index >= 15 is 0 Å². The molecule has 1 heterocycles. The van der Waals surface area contributed by atoms with Gasteiger partial charge in [-0.3, -0.25) is 0 Å².